The Labute approximate surface area is 96.5 Å². The Kier molecular flexibility index (Phi) is 4.18. The van der Waals surface area contributed by atoms with E-state index in [-0.39, 0.29) is 23.4 Å². The van der Waals surface area contributed by atoms with Gasteiger partial charge in [0.25, 0.3) is 5.91 Å². The van der Waals surface area contributed by atoms with Crippen molar-refractivity contribution in [2.75, 3.05) is 0 Å². The van der Waals surface area contributed by atoms with E-state index in [0.717, 1.165) is 11.5 Å². The highest BCUT2D eigenvalue weighted by molar-refractivity contribution is 7.03. The maximum Gasteiger partial charge on any atom is 0.273 e. The second-order valence-electron chi connectivity index (χ2n) is 3.51. The second-order valence-corrected chi connectivity index (χ2v) is 4.12. The van der Waals surface area contributed by atoms with Crippen molar-refractivity contribution in [3.05, 3.63) is 11.1 Å². The number of aromatic nitrogens is 2. The van der Waals surface area contributed by atoms with E-state index < -0.39 is 6.04 Å². The van der Waals surface area contributed by atoms with Gasteiger partial charge in [0.05, 0.1) is 6.04 Å². The van der Waals surface area contributed by atoms with E-state index in [4.69, 9.17) is 10.9 Å². The summed E-state index contributed by atoms with van der Waals surface area (Å²) in [7, 11) is 0. The molecule has 1 atom stereocenters. The minimum absolute atomic E-state index is 0.00597. The molecule has 8 heteroatoms. The zero-order valence-corrected chi connectivity index (χ0v) is 9.73. The molecule has 1 unspecified atom stereocenters. The molecular formula is C8H13N5O2S. The number of nitrogens with zero attached hydrogens (tertiary/aromatic N) is 3. The van der Waals surface area contributed by atoms with Crippen LogP contribution in [0.4, 0.5) is 0 Å². The molecule has 7 nitrogen and oxygen atoms in total. The average molecular weight is 243 g/mol. The summed E-state index contributed by atoms with van der Waals surface area (Å²) in [6, 6.07) is -0.529. The number of hydrogen-bond donors (Lipinski definition) is 3. The third-order valence-corrected chi connectivity index (χ3v) is 2.48. The van der Waals surface area contributed by atoms with E-state index >= 15 is 0 Å². The molecule has 0 spiro atoms. The van der Waals surface area contributed by atoms with Crippen molar-refractivity contribution in [1.82, 2.24) is 14.9 Å². The van der Waals surface area contributed by atoms with Gasteiger partial charge in [0, 0.05) is 5.38 Å². The van der Waals surface area contributed by atoms with Crippen molar-refractivity contribution in [2.45, 2.75) is 19.9 Å². The van der Waals surface area contributed by atoms with Crippen LogP contribution in [-0.4, -0.2) is 32.6 Å². The molecule has 0 bridgehead atoms. The Morgan fingerprint density at radius 2 is 2.38 bits per heavy atom. The molecule has 0 aliphatic heterocycles. The number of nitrogens with two attached hydrogens (primary N) is 1. The molecule has 1 rings (SSSR count). The fourth-order valence-corrected chi connectivity index (χ4v) is 1.56. The molecule has 1 aromatic heterocycles. The van der Waals surface area contributed by atoms with E-state index in [1.54, 1.807) is 0 Å². The Morgan fingerprint density at radius 1 is 1.69 bits per heavy atom. The maximum atomic E-state index is 11.6. The van der Waals surface area contributed by atoms with Crippen LogP contribution in [0.25, 0.3) is 0 Å². The van der Waals surface area contributed by atoms with Crippen molar-refractivity contribution in [3.8, 4) is 0 Å². The smallest absolute Gasteiger partial charge is 0.273 e. The van der Waals surface area contributed by atoms with Crippen LogP contribution in [0.15, 0.2) is 10.5 Å². The van der Waals surface area contributed by atoms with E-state index in [0.29, 0.717) is 0 Å². The largest absolute Gasteiger partial charge is 0.409 e. The zero-order chi connectivity index (χ0) is 12.1. The minimum Gasteiger partial charge on any atom is -0.409 e. The lowest BCUT2D eigenvalue weighted by atomic mass is 10.0. The second kappa shape index (κ2) is 5.40. The topological polar surface area (TPSA) is 113 Å². The van der Waals surface area contributed by atoms with E-state index in [2.05, 4.69) is 20.1 Å². The first-order valence-corrected chi connectivity index (χ1v) is 5.45. The molecule has 0 aliphatic rings. The lowest BCUT2D eigenvalue weighted by Gasteiger charge is -2.20. The number of carbonyl (C=O) groups is 1. The van der Waals surface area contributed by atoms with E-state index in [9.17, 15) is 4.79 Å². The first-order chi connectivity index (χ1) is 7.56. The van der Waals surface area contributed by atoms with Crippen LogP contribution in [-0.2, 0) is 0 Å². The molecule has 0 aromatic carbocycles. The third-order valence-electron chi connectivity index (χ3n) is 1.98. The zero-order valence-electron chi connectivity index (χ0n) is 8.91. The lowest BCUT2D eigenvalue weighted by Crippen LogP contribution is -2.47. The fourth-order valence-electron chi connectivity index (χ4n) is 1.12. The SMILES string of the molecule is CC(C)C(NC(=O)c1csnn1)C(N)=NO. The van der Waals surface area contributed by atoms with Gasteiger partial charge in [0.1, 0.15) is 0 Å². The predicted octanol–water partition coefficient (Wildman–Crippen LogP) is 0.0389. The van der Waals surface area contributed by atoms with Crippen molar-refractivity contribution >= 4 is 23.3 Å². The number of oxime groups is 1. The Bertz CT molecular complexity index is 376. The number of amides is 1. The maximum absolute atomic E-state index is 11.6. The number of carbonyl (C=O) groups excluding carboxylic acids is 1. The molecule has 0 fully saturated rings. The highest BCUT2D eigenvalue weighted by Gasteiger charge is 2.22. The van der Waals surface area contributed by atoms with Gasteiger partial charge in [-0.15, -0.1) is 5.10 Å². The number of hydrogen-bond acceptors (Lipinski definition) is 6. The number of amidine groups is 1. The molecule has 0 aliphatic carbocycles. The van der Waals surface area contributed by atoms with E-state index in [1.165, 1.54) is 5.38 Å². The summed E-state index contributed by atoms with van der Waals surface area (Å²) in [6.07, 6.45) is 0. The molecule has 0 saturated heterocycles. The van der Waals surface area contributed by atoms with Crippen LogP contribution in [0.2, 0.25) is 0 Å². The van der Waals surface area contributed by atoms with Gasteiger partial charge in [-0.3, -0.25) is 4.79 Å². The summed E-state index contributed by atoms with van der Waals surface area (Å²) >= 11 is 1.08. The number of nitrogens with one attached hydrogen (secondary N) is 1. The first-order valence-electron chi connectivity index (χ1n) is 4.61. The summed E-state index contributed by atoms with van der Waals surface area (Å²) in [6.45, 7) is 3.70. The van der Waals surface area contributed by atoms with Crippen LogP contribution >= 0.6 is 11.5 Å². The Hall–Kier alpha value is -1.70. The van der Waals surface area contributed by atoms with Crippen molar-refractivity contribution in [3.63, 3.8) is 0 Å². The fraction of sp³-hybridized carbons (Fsp3) is 0.500. The molecule has 1 amide bonds. The van der Waals surface area contributed by atoms with Crippen LogP contribution in [0.1, 0.15) is 24.3 Å². The molecule has 0 saturated carbocycles. The Morgan fingerprint density at radius 3 is 2.81 bits per heavy atom. The standard InChI is InChI=1S/C8H13N5O2S/c1-4(2)6(7(9)12-15)10-8(14)5-3-16-13-11-5/h3-4,6,15H,1-2H3,(H2,9,12)(H,10,14). The van der Waals surface area contributed by atoms with E-state index in [1.807, 2.05) is 13.8 Å². The lowest BCUT2D eigenvalue weighted by molar-refractivity contribution is 0.0934. The van der Waals surface area contributed by atoms with Gasteiger partial charge in [-0.05, 0) is 17.5 Å². The molecule has 4 N–H and O–H groups in total. The van der Waals surface area contributed by atoms with Crippen LogP contribution < -0.4 is 11.1 Å². The van der Waals surface area contributed by atoms with Crippen molar-refractivity contribution in [2.24, 2.45) is 16.8 Å². The van der Waals surface area contributed by atoms with Gasteiger partial charge in [-0.1, -0.05) is 23.5 Å². The molecular weight excluding hydrogens is 230 g/mol. The quantitative estimate of drug-likeness (QED) is 0.299. The average Bonchev–Trinajstić information content (AvgIpc) is 2.77. The minimum atomic E-state index is -0.529. The highest BCUT2D eigenvalue weighted by Crippen LogP contribution is 2.04. The van der Waals surface area contributed by atoms with Gasteiger partial charge in [0.2, 0.25) is 0 Å². The third kappa shape index (κ3) is 2.89. The van der Waals surface area contributed by atoms with Gasteiger partial charge in [0.15, 0.2) is 11.5 Å². The molecule has 16 heavy (non-hydrogen) atoms. The Balaban J connectivity index is 2.73. The molecule has 88 valence electrons. The van der Waals surface area contributed by atoms with Crippen LogP contribution in [0.3, 0.4) is 0 Å². The molecule has 0 radical (unpaired) electrons. The summed E-state index contributed by atoms with van der Waals surface area (Å²) in [5.41, 5.74) is 5.70. The predicted molar refractivity (Wildman–Crippen MR) is 59.4 cm³/mol. The monoisotopic (exact) mass is 243 g/mol. The van der Waals surface area contributed by atoms with Crippen LogP contribution in [0.5, 0.6) is 0 Å². The summed E-state index contributed by atoms with van der Waals surface area (Å²) in [4.78, 5) is 11.6. The summed E-state index contributed by atoms with van der Waals surface area (Å²) in [5.74, 6) is -0.419. The van der Waals surface area contributed by atoms with Gasteiger partial charge < -0.3 is 16.3 Å². The van der Waals surface area contributed by atoms with Gasteiger partial charge in [-0.2, -0.15) is 0 Å². The summed E-state index contributed by atoms with van der Waals surface area (Å²) in [5, 5.41) is 19.2. The summed E-state index contributed by atoms with van der Waals surface area (Å²) < 4.78 is 3.58. The normalized spacial score (nSPS) is 13.8. The van der Waals surface area contributed by atoms with Gasteiger partial charge >= 0.3 is 0 Å². The van der Waals surface area contributed by atoms with Crippen LogP contribution in [0, 0.1) is 5.92 Å². The molecule has 1 heterocycles. The van der Waals surface area contributed by atoms with Crippen molar-refractivity contribution < 1.29 is 10.0 Å². The highest BCUT2D eigenvalue weighted by atomic mass is 32.1. The molecule has 1 aromatic rings. The first kappa shape index (κ1) is 12.4. The van der Waals surface area contributed by atoms with Gasteiger partial charge in [-0.25, -0.2) is 0 Å². The number of rotatable bonds is 4. The van der Waals surface area contributed by atoms with Crippen molar-refractivity contribution in [1.29, 1.82) is 0 Å².